The Morgan fingerprint density at radius 1 is 0.341 bits per heavy atom. The van der Waals surface area contributed by atoms with E-state index in [0.717, 1.165) is 94.6 Å². The maximum Gasteiger partial charge on any atom is 0.128 e. The molecule has 0 radical (unpaired) electrons. The van der Waals surface area contributed by atoms with Crippen molar-refractivity contribution >= 4 is 54.5 Å². The molecule has 2 heterocycles. The van der Waals surface area contributed by atoms with Gasteiger partial charge in [0, 0.05) is 54.6 Å². The lowest BCUT2D eigenvalue weighted by Gasteiger charge is -2.26. The van der Waals surface area contributed by atoms with Crippen molar-refractivity contribution in [3.63, 3.8) is 0 Å². The number of aromatic nitrogens is 2. The van der Waals surface area contributed by atoms with Gasteiger partial charge in [-0.05, 0) is 162 Å². The molecule has 12 rings (SSSR count). The van der Waals surface area contributed by atoms with Crippen molar-refractivity contribution in [1.29, 1.82) is 0 Å². The van der Waals surface area contributed by atoms with Crippen LogP contribution in [0.2, 0.25) is 0 Å². The van der Waals surface area contributed by atoms with Crippen LogP contribution >= 0.6 is 15.9 Å². The molecule has 460 valence electrons. The van der Waals surface area contributed by atoms with Gasteiger partial charge in [0.25, 0.3) is 0 Å². The largest absolute Gasteiger partial charge is 0.496 e. The van der Waals surface area contributed by atoms with Gasteiger partial charge in [-0.2, -0.15) is 0 Å². The minimum absolute atomic E-state index is 0.0129. The number of halogens is 1. The van der Waals surface area contributed by atoms with Gasteiger partial charge >= 0.3 is 0 Å². The second-order valence-corrected chi connectivity index (χ2v) is 28.5. The quantitative estimate of drug-likeness (QED) is 0.133. The highest BCUT2D eigenvalue weighted by Crippen LogP contribution is 2.42. The molecule has 0 saturated carbocycles. The topological polar surface area (TPSA) is 82.3 Å². The number of pyridine rings is 2. The molecule has 6 nitrogen and oxygen atoms in total. The first kappa shape index (κ1) is 64.7. The summed E-state index contributed by atoms with van der Waals surface area (Å²) in [5.41, 5.74) is 26.5. The Balaban J connectivity index is 0.000000174. The van der Waals surface area contributed by atoms with Crippen LogP contribution in [0.25, 0.3) is 88.8 Å². The van der Waals surface area contributed by atoms with Crippen LogP contribution < -0.4 is 20.5 Å². The number of fused-ring (bicyclic) bond motifs is 2. The molecule has 2 aromatic heterocycles. The molecule has 0 spiro atoms. The van der Waals surface area contributed by atoms with Crippen LogP contribution in [0.5, 0.6) is 11.5 Å². The first-order valence-corrected chi connectivity index (χ1v) is 32.1. The second-order valence-electron chi connectivity index (χ2n) is 27.6. The van der Waals surface area contributed by atoms with Crippen molar-refractivity contribution in [2.75, 3.05) is 25.3 Å². The van der Waals surface area contributed by atoms with Crippen LogP contribution in [0.15, 0.2) is 247 Å². The number of anilines is 3. The molecule has 10 aromatic carbocycles. The molecule has 0 amide bonds. The fourth-order valence-electron chi connectivity index (χ4n) is 11.1. The molecule has 0 fully saturated rings. The van der Waals surface area contributed by atoms with E-state index in [2.05, 4.69) is 274 Å². The fourth-order valence-corrected chi connectivity index (χ4v) is 11.5. The minimum Gasteiger partial charge on any atom is -0.496 e. The third-order valence-corrected chi connectivity index (χ3v) is 17.1. The summed E-state index contributed by atoms with van der Waals surface area (Å²) in [6, 6.07) is 84.8. The molecule has 0 unspecified atom stereocenters. The van der Waals surface area contributed by atoms with Crippen LogP contribution in [-0.2, 0) is 21.7 Å². The highest BCUT2D eigenvalue weighted by Gasteiger charge is 2.24. The molecule has 0 bridgehead atoms. The third kappa shape index (κ3) is 15.7. The Bertz CT molecular complexity index is 4480. The lowest BCUT2D eigenvalue weighted by molar-refractivity contribution is 0.416. The zero-order valence-corrected chi connectivity index (χ0v) is 56.8. The van der Waals surface area contributed by atoms with Crippen molar-refractivity contribution < 1.29 is 9.47 Å². The molecule has 91 heavy (non-hydrogen) atoms. The SMILES string of the molecule is COc1ccccc1-c1cc(-c2cc(C(C)(C)C)cc(C(C)(C)C)c2)cc(-c2cccc(Br)c2)n1.COc1ccccc1-c1cc(-c2cc(C(C)(C)C)cc(C(C)(C)C)c2)cc(-c2cccc(Nc3cccc4ccccc34)c2)n1.Nc1cccc2ccccc12. The minimum atomic E-state index is 0.0129. The average molecular weight is 1260 g/mol. The molecule has 12 aromatic rings. The molecular formula is C84H85BrN4O2. The van der Waals surface area contributed by atoms with Crippen LogP contribution in [-0.4, -0.2) is 24.2 Å². The number of methoxy groups -OCH3 is 2. The number of hydrogen-bond donors (Lipinski definition) is 2. The molecule has 0 saturated heterocycles. The van der Waals surface area contributed by atoms with Gasteiger partial charge in [0.05, 0.1) is 37.0 Å². The number of ether oxygens (including phenoxy) is 2. The first-order valence-electron chi connectivity index (χ1n) is 31.3. The standard InChI is InChI=1S/C42H42N2O.C32H34BrNO.C10H9N/c1-41(2,3)32-22-30(23-33(27-32)42(4,5)6)31-25-38(44-39(26-31)36-19-10-11-21-40(36)45-7)29-16-12-17-34(24-29)43-37-20-13-15-28-14-8-9-18-35(28)37;1-31(2,3)24-15-22(16-25(20-24)32(4,5)6)23-18-28(21-11-10-12-26(33)17-21)34-29(19-23)27-13-8-9-14-30(27)35-7;11-10-7-3-5-8-4-1-2-6-9(8)10/h8-27,43H,1-7H3;8-20H,1-7H3;1-7H,11H2. The predicted octanol–water partition coefficient (Wildman–Crippen LogP) is 23.5. The zero-order chi connectivity index (χ0) is 64.8. The van der Waals surface area contributed by atoms with Crippen molar-refractivity contribution in [2.24, 2.45) is 0 Å². The normalized spacial score (nSPS) is 11.7. The summed E-state index contributed by atoms with van der Waals surface area (Å²) in [7, 11) is 3.43. The van der Waals surface area contributed by atoms with E-state index in [9.17, 15) is 0 Å². The van der Waals surface area contributed by atoms with E-state index in [1.165, 1.54) is 49.5 Å². The molecule has 7 heteroatoms. The lowest BCUT2D eigenvalue weighted by atomic mass is 9.79. The van der Waals surface area contributed by atoms with Crippen molar-refractivity contribution in [2.45, 2.75) is 105 Å². The average Bonchev–Trinajstić information content (AvgIpc) is 1.09. The molecular weight excluding hydrogens is 1180 g/mol. The van der Waals surface area contributed by atoms with Crippen LogP contribution in [0.1, 0.15) is 105 Å². The summed E-state index contributed by atoms with van der Waals surface area (Å²) < 4.78 is 12.5. The number of rotatable bonds is 10. The van der Waals surface area contributed by atoms with E-state index in [0.29, 0.717) is 0 Å². The highest BCUT2D eigenvalue weighted by atomic mass is 79.9. The Hall–Kier alpha value is -9.30. The molecule has 0 aliphatic carbocycles. The summed E-state index contributed by atoms with van der Waals surface area (Å²) in [6.45, 7) is 27.4. The van der Waals surface area contributed by atoms with Gasteiger partial charge in [0.2, 0.25) is 0 Å². The van der Waals surface area contributed by atoms with Crippen LogP contribution in [0.3, 0.4) is 0 Å². The van der Waals surface area contributed by atoms with E-state index >= 15 is 0 Å². The number of benzene rings is 10. The smallest absolute Gasteiger partial charge is 0.128 e. The Kier molecular flexibility index (Phi) is 19.2. The summed E-state index contributed by atoms with van der Waals surface area (Å²) in [5.74, 6) is 1.62. The Morgan fingerprint density at radius 3 is 1.18 bits per heavy atom. The van der Waals surface area contributed by atoms with Gasteiger partial charge in [-0.1, -0.05) is 257 Å². The lowest BCUT2D eigenvalue weighted by Crippen LogP contribution is -2.16. The first-order chi connectivity index (χ1) is 43.3. The highest BCUT2D eigenvalue weighted by molar-refractivity contribution is 9.10. The number of nitrogen functional groups attached to an aromatic ring is 1. The van der Waals surface area contributed by atoms with E-state index in [4.69, 9.17) is 25.2 Å². The zero-order valence-electron chi connectivity index (χ0n) is 55.3. The van der Waals surface area contributed by atoms with E-state index in [1.54, 1.807) is 14.2 Å². The van der Waals surface area contributed by atoms with Gasteiger partial charge < -0.3 is 20.5 Å². The van der Waals surface area contributed by atoms with Crippen LogP contribution in [0.4, 0.5) is 17.1 Å². The number of nitrogens with zero attached hydrogens (tertiary/aromatic N) is 2. The maximum atomic E-state index is 5.79. The van der Waals surface area contributed by atoms with Crippen molar-refractivity contribution in [1.82, 2.24) is 9.97 Å². The van der Waals surface area contributed by atoms with E-state index in [-0.39, 0.29) is 21.7 Å². The van der Waals surface area contributed by atoms with Crippen molar-refractivity contribution in [3.05, 3.63) is 269 Å². The summed E-state index contributed by atoms with van der Waals surface area (Å²) in [4.78, 5) is 10.3. The maximum absolute atomic E-state index is 5.79. The number of nitrogens with one attached hydrogen (secondary N) is 1. The number of hydrogen-bond acceptors (Lipinski definition) is 6. The van der Waals surface area contributed by atoms with Gasteiger partial charge in [-0.15, -0.1) is 0 Å². The summed E-state index contributed by atoms with van der Waals surface area (Å²) >= 11 is 3.62. The summed E-state index contributed by atoms with van der Waals surface area (Å²) in [6.07, 6.45) is 0. The van der Waals surface area contributed by atoms with E-state index in [1.807, 2.05) is 72.8 Å². The second kappa shape index (κ2) is 27.0. The monoisotopic (exact) mass is 1260 g/mol. The Morgan fingerprint density at radius 2 is 0.714 bits per heavy atom. The van der Waals surface area contributed by atoms with Gasteiger partial charge in [-0.25, -0.2) is 9.97 Å². The molecule has 0 aliphatic rings. The summed E-state index contributed by atoms with van der Waals surface area (Å²) in [5, 5.41) is 8.41. The van der Waals surface area contributed by atoms with Gasteiger partial charge in [-0.3, -0.25) is 0 Å². The fraction of sp³-hybridized carbons (Fsp3) is 0.214. The third-order valence-electron chi connectivity index (χ3n) is 16.6. The molecule has 0 aliphatic heterocycles. The Labute approximate surface area is 548 Å². The molecule has 3 N–H and O–H groups in total. The number of nitrogens with two attached hydrogens (primary N) is 1. The predicted molar refractivity (Wildman–Crippen MR) is 392 cm³/mol. The van der Waals surface area contributed by atoms with Gasteiger partial charge in [0.1, 0.15) is 11.5 Å². The molecule has 0 atom stereocenters. The van der Waals surface area contributed by atoms with Crippen LogP contribution in [0, 0.1) is 0 Å². The van der Waals surface area contributed by atoms with Gasteiger partial charge in [0.15, 0.2) is 0 Å². The number of para-hydroxylation sites is 2. The van der Waals surface area contributed by atoms with Crippen molar-refractivity contribution in [3.8, 4) is 78.8 Å². The van der Waals surface area contributed by atoms with E-state index < -0.39 is 0 Å².